The number of benzene rings is 1. The van der Waals surface area contributed by atoms with Crippen LogP contribution in [-0.4, -0.2) is 9.78 Å². The molecule has 0 radical (unpaired) electrons. The lowest BCUT2D eigenvalue weighted by molar-refractivity contribution is 0.682. The summed E-state index contributed by atoms with van der Waals surface area (Å²) >= 11 is 3.59. The van der Waals surface area contributed by atoms with E-state index in [0.29, 0.717) is 0 Å². The lowest BCUT2D eigenvalue weighted by Gasteiger charge is -2.03. The first-order valence-corrected chi connectivity index (χ1v) is 5.14. The average Bonchev–Trinajstić information content (AvgIpc) is 2.55. The molecular formula is C10H11BrN2. The highest BCUT2D eigenvalue weighted by Gasteiger charge is 2.06. The molecule has 13 heavy (non-hydrogen) atoms. The number of halogens is 1. The van der Waals surface area contributed by atoms with E-state index in [1.54, 1.807) is 0 Å². The Bertz CT molecular complexity index is 445. The molecule has 1 heterocycles. The molecule has 0 bridgehead atoms. The molecular weight excluding hydrogens is 228 g/mol. The van der Waals surface area contributed by atoms with Crippen molar-refractivity contribution in [2.24, 2.45) is 0 Å². The van der Waals surface area contributed by atoms with Crippen molar-refractivity contribution < 1.29 is 0 Å². The van der Waals surface area contributed by atoms with Crippen LogP contribution in [0.3, 0.4) is 0 Å². The van der Waals surface area contributed by atoms with Gasteiger partial charge in [0.1, 0.15) is 0 Å². The Balaban J connectivity index is 2.85. The van der Waals surface area contributed by atoms with Crippen molar-refractivity contribution in [3.63, 3.8) is 0 Å². The third-order valence-corrected chi connectivity index (χ3v) is 3.24. The second-order valence-corrected chi connectivity index (χ2v) is 3.89. The van der Waals surface area contributed by atoms with Crippen molar-refractivity contribution in [3.8, 4) is 0 Å². The predicted octanol–water partition coefficient (Wildman–Crippen LogP) is 3.13. The predicted molar refractivity (Wildman–Crippen MR) is 57.8 cm³/mol. The Hall–Kier alpha value is -0.830. The number of hydrogen-bond donors (Lipinski definition) is 0. The number of nitrogens with zero attached hydrogens (tertiary/aromatic N) is 2. The summed E-state index contributed by atoms with van der Waals surface area (Å²) in [4.78, 5) is 0. The second kappa shape index (κ2) is 3.14. The monoisotopic (exact) mass is 238 g/mol. The lowest BCUT2D eigenvalue weighted by Crippen LogP contribution is -1.96. The van der Waals surface area contributed by atoms with Gasteiger partial charge in [-0.15, -0.1) is 0 Å². The topological polar surface area (TPSA) is 17.8 Å². The molecule has 0 saturated carbocycles. The highest BCUT2D eigenvalue weighted by molar-refractivity contribution is 9.10. The summed E-state index contributed by atoms with van der Waals surface area (Å²) in [5.74, 6) is 0. The molecule has 0 aliphatic carbocycles. The van der Waals surface area contributed by atoms with E-state index >= 15 is 0 Å². The molecule has 0 aliphatic rings. The van der Waals surface area contributed by atoms with Crippen molar-refractivity contribution in [3.05, 3.63) is 28.4 Å². The normalized spacial score (nSPS) is 11.0. The Kier molecular flexibility index (Phi) is 2.12. The molecule has 2 aromatic rings. The number of rotatable bonds is 1. The fourth-order valence-corrected chi connectivity index (χ4v) is 2.04. The zero-order chi connectivity index (χ0) is 9.42. The molecule has 0 unspecified atom stereocenters. The molecule has 68 valence electrons. The maximum absolute atomic E-state index is 4.30. The van der Waals surface area contributed by atoms with Gasteiger partial charge in [0, 0.05) is 16.4 Å². The maximum Gasteiger partial charge on any atom is 0.0826 e. The Morgan fingerprint density at radius 1 is 1.46 bits per heavy atom. The molecule has 0 saturated heterocycles. The SMILES string of the molecule is CCn1ncc2ccc(C)c(Br)c21. The van der Waals surface area contributed by atoms with Gasteiger partial charge in [0.05, 0.1) is 11.7 Å². The highest BCUT2D eigenvalue weighted by Crippen LogP contribution is 2.26. The quantitative estimate of drug-likeness (QED) is 0.747. The van der Waals surface area contributed by atoms with E-state index in [9.17, 15) is 0 Å². The van der Waals surface area contributed by atoms with Crippen molar-refractivity contribution in [1.82, 2.24) is 9.78 Å². The highest BCUT2D eigenvalue weighted by atomic mass is 79.9. The third kappa shape index (κ3) is 1.27. The smallest absolute Gasteiger partial charge is 0.0826 e. The van der Waals surface area contributed by atoms with Crippen LogP contribution in [0.2, 0.25) is 0 Å². The molecule has 0 fully saturated rings. The first kappa shape index (κ1) is 8.75. The molecule has 1 aromatic heterocycles. The molecule has 0 aliphatic heterocycles. The van der Waals surface area contributed by atoms with Gasteiger partial charge in [0.2, 0.25) is 0 Å². The number of hydrogen-bond acceptors (Lipinski definition) is 1. The Labute approximate surface area is 85.7 Å². The van der Waals surface area contributed by atoms with Crippen molar-refractivity contribution in [2.45, 2.75) is 20.4 Å². The van der Waals surface area contributed by atoms with Crippen LogP contribution in [0.1, 0.15) is 12.5 Å². The van der Waals surface area contributed by atoms with Crippen LogP contribution in [0.15, 0.2) is 22.8 Å². The minimum absolute atomic E-state index is 0.908. The van der Waals surface area contributed by atoms with Gasteiger partial charge in [-0.25, -0.2) is 0 Å². The van der Waals surface area contributed by atoms with Crippen LogP contribution in [0.5, 0.6) is 0 Å². The summed E-state index contributed by atoms with van der Waals surface area (Å²) < 4.78 is 3.16. The summed E-state index contributed by atoms with van der Waals surface area (Å²) in [6.07, 6.45) is 1.91. The van der Waals surface area contributed by atoms with Gasteiger partial charge in [-0.3, -0.25) is 4.68 Å². The van der Waals surface area contributed by atoms with Crippen LogP contribution in [0.25, 0.3) is 10.9 Å². The van der Waals surface area contributed by atoms with Crippen LogP contribution in [0, 0.1) is 6.92 Å². The van der Waals surface area contributed by atoms with E-state index in [1.165, 1.54) is 16.5 Å². The number of fused-ring (bicyclic) bond motifs is 1. The zero-order valence-electron chi connectivity index (χ0n) is 7.71. The first-order valence-electron chi connectivity index (χ1n) is 4.34. The molecule has 2 rings (SSSR count). The van der Waals surface area contributed by atoms with Gasteiger partial charge in [-0.05, 0) is 35.3 Å². The molecule has 0 amide bonds. The van der Waals surface area contributed by atoms with E-state index in [2.05, 4.69) is 47.0 Å². The fraction of sp³-hybridized carbons (Fsp3) is 0.300. The third-order valence-electron chi connectivity index (χ3n) is 2.23. The van der Waals surface area contributed by atoms with Crippen LogP contribution in [-0.2, 0) is 6.54 Å². The largest absolute Gasteiger partial charge is 0.264 e. The second-order valence-electron chi connectivity index (χ2n) is 3.09. The van der Waals surface area contributed by atoms with Gasteiger partial charge in [0.25, 0.3) is 0 Å². The van der Waals surface area contributed by atoms with Crippen LogP contribution in [0.4, 0.5) is 0 Å². The maximum atomic E-state index is 4.30. The van der Waals surface area contributed by atoms with Crippen molar-refractivity contribution in [1.29, 1.82) is 0 Å². The minimum Gasteiger partial charge on any atom is -0.264 e. The van der Waals surface area contributed by atoms with E-state index in [0.717, 1.165) is 11.0 Å². The zero-order valence-corrected chi connectivity index (χ0v) is 9.30. The van der Waals surface area contributed by atoms with E-state index in [1.807, 2.05) is 10.9 Å². The lowest BCUT2D eigenvalue weighted by atomic mass is 10.2. The van der Waals surface area contributed by atoms with E-state index in [-0.39, 0.29) is 0 Å². The summed E-state index contributed by atoms with van der Waals surface area (Å²) in [6, 6.07) is 4.21. The number of aryl methyl sites for hydroxylation is 2. The standard InChI is InChI=1S/C10H11BrN2/c1-3-13-10-8(6-12-13)5-4-7(2)9(10)11/h4-6H,3H2,1-2H3. The summed E-state index contributed by atoms with van der Waals surface area (Å²) in [6.45, 7) is 5.10. The minimum atomic E-state index is 0.908. The van der Waals surface area contributed by atoms with Crippen molar-refractivity contribution in [2.75, 3.05) is 0 Å². The Morgan fingerprint density at radius 2 is 2.23 bits per heavy atom. The molecule has 1 aromatic carbocycles. The van der Waals surface area contributed by atoms with Gasteiger partial charge in [-0.1, -0.05) is 12.1 Å². The van der Waals surface area contributed by atoms with Gasteiger partial charge >= 0.3 is 0 Å². The Morgan fingerprint density at radius 3 is 2.92 bits per heavy atom. The first-order chi connectivity index (χ1) is 6.24. The number of aromatic nitrogens is 2. The van der Waals surface area contributed by atoms with E-state index < -0.39 is 0 Å². The van der Waals surface area contributed by atoms with Gasteiger partial charge < -0.3 is 0 Å². The van der Waals surface area contributed by atoms with Crippen LogP contribution >= 0.6 is 15.9 Å². The molecule has 3 heteroatoms. The summed E-state index contributed by atoms with van der Waals surface area (Å²) in [5.41, 5.74) is 2.45. The van der Waals surface area contributed by atoms with Crippen LogP contribution < -0.4 is 0 Å². The summed E-state index contributed by atoms with van der Waals surface area (Å²) in [7, 11) is 0. The average molecular weight is 239 g/mol. The van der Waals surface area contributed by atoms with Gasteiger partial charge in [-0.2, -0.15) is 5.10 Å². The van der Waals surface area contributed by atoms with Gasteiger partial charge in [0.15, 0.2) is 0 Å². The molecule has 0 spiro atoms. The molecule has 0 atom stereocenters. The molecule has 2 nitrogen and oxygen atoms in total. The molecule has 0 N–H and O–H groups in total. The summed E-state index contributed by atoms with van der Waals surface area (Å²) in [5, 5.41) is 5.50. The van der Waals surface area contributed by atoms with E-state index in [4.69, 9.17) is 0 Å². The van der Waals surface area contributed by atoms with Crippen molar-refractivity contribution >= 4 is 26.8 Å². The fourth-order valence-electron chi connectivity index (χ4n) is 1.48.